The van der Waals surface area contributed by atoms with Crippen LogP contribution >= 0.6 is 0 Å². The van der Waals surface area contributed by atoms with Crippen LogP contribution < -0.4 is 5.32 Å². The van der Waals surface area contributed by atoms with E-state index in [0.29, 0.717) is 25.2 Å². The van der Waals surface area contributed by atoms with Crippen LogP contribution in [-0.4, -0.2) is 38.4 Å². The first-order valence-corrected chi connectivity index (χ1v) is 7.22. The maximum Gasteiger partial charge on any atom is 0.243 e. The molecule has 1 aromatic rings. The highest BCUT2D eigenvalue weighted by atomic mass is 32.2. The van der Waals surface area contributed by atoms with E-state index in [4.69, 9.17) is 5.26 Å². The largest absolute Gasteiger partial charge is 0.314 e. The molecule has 1 atom stereocenters. The molecule has 1 heterocycles. The number of rotatable bonds is 2. The van der Waals surface area contributed by atoms with E-state index in [1.807, 2.05) is 13.0 Å². The van der Waals surface area contributed by atoms with Crippen molar-refractivity contribution in [3.63, 3.8) is 0 Å². The highest BCUT2D eigenvalue weighted by molar-refractivity contribution is 7.89. The number of hydrogen-bond donors (Lipinski definition) is 1. The Morgan fingerprint density at radius 2 is 2.06 bits per heavy atom. The Balaban J connectivity index is 2.32. The fourth-order valence-electron chi connectivity index (χ4n) is 2.02. The molecule has 0 bridgehead atoms. The molecule has 0 spiro atoms. The number of nitriles is 1. The van der Waals surface area contributed by atoms with Gasteiger partial charge in [-0.3, -0.25) is 0 Å². The lowest BCUT2D eigenvalue weighted by molar-refractivity contribution is 0.284. The molecular weight excluding hydrogens is 250 g/mol. The third kappa shape index (κ3) is 2.38. The lowest BCUT2D eigenvalue weighted by Crippen LogP contribution is -2.52. The SMILES string of the molecule is C[C@H]1CNCCN1S(=O)(=O)c1ccc(C#N)cc1. The number of hydrogen-bond acceptors (Lipinski definition) is 4. The summed E-state index contributed by atoms with van der Waals surface area (Å²) in [5, 5.41) is 11.9. The number of piperazine rings is 1. The van der Waals surface area contributed by atoms with E-state index in [2.05, 4.69) is 5.32 Å². The molecule has 1 saturated heterocycles. The maximum absolute atomic E-state index is 12.4. The Bertz CT molecular complexity index is 560. The summed E-state index contributed by atoms with van der Waals surface area (Å²) in [5.41, 5.74) is 0.460. The van der Waals surface area contributed by atoms with Crippen LogP contribution in [0.4, 0.5) is 0 Å². The van der Waals surface area contributed by atoms with Gasteiger partial charge < -0.3 is 5.32 Å². The summed E-state index contributed by atoms with van der Waals surface area (Å²) in [4.78, 5) is 0.246. The summed E-state index contributed by atoms with van der Waals surface area (Å²) >= 11 is 0. The molecule has 0 aromatic heterocycles. The molecule has 2 rings (SSSR count). The van der Waals surface area contributed by atoms with Crippen LogP contribution in [0.25, 0.3) is 0 Å². The molecule has 0 saturated carbocycles. The molecule has 6 heteroatoms. The van der Waals surface area contributed by atoms with Gasteiger partial charge in [0.05, 0.1) is 16.5 Å². The van der Waals surface area contributed by atoms with Gasteiger partial charge in [-0.2, -0.15) is 9.57 Å². The second-order valence-electron chi connectivity index (χ2n) is 4.31. The molecule has 5 nitrogen and oxygen atoms in total. The molecule has 0 amide bonds. The predicted molar refractivity (Wildman–Crippen MR) is 67.4 cm³/mol. The van der Waals surface area contributed by atoms with Crippen molar-refractivity contribution in [3.05, 3.63) is 29.8 Å². The van der Waals surface area contributed by atoms with Crippen LogP contribution in [-0.2, 0) is 10.0 Å². The fourth-order valence-corrected chi connectivity index (χ4v) is 3.65. The number of nitrogens with one attached hydrogen (secondary N) is 1. The summed E-state index contributed by atoms with van der Waals surface area (Å²) in [5.74, 6) is 0. The summed E-state index contributed by atoms with van der Waals surface area (Å²) in [6.07, 6.45) is 0. The molecule has 18 heavy (non-hydrogen) atoms. The van der Waals surface area contributed by atoms with E-state index < -0.39 is 10.0 Å². The van der Waals surface area contributed by atoms with E-state index in [1.165, 1.54) is 28.6 Å². The van der Waals surface area contributed by atoms with Gasteiger partial charge in [-0.05, 0) is 31.2 Å². The van der Waals surface area contributed by atoms with Crippen molar-refractivity contribution in [2.45, 2.75) is 17.9 Å². The molecule has 1 N–H and O–H groups in total. The summed E-state index contributed by atoms with van der Waals surface area (Å²) in [6.45, 7) is 3.69. The van der Waals surface area contributed by atoms with Crippen molar-refractivity contribution in [1.29, 1.82) is 5.26 Å². The van der Waals surface area contributed by atoms with E-state index in [9.17, 15) is 8.42 Å². The minimum Gasteiger partial charge on any atom is -0.314 e. The third-order valence-electron chi connectivity index (χ3n) is 3.03. The van der Waals surface area contributed by atoms with Crippen molar-refractivity contribution < 1.29 is 8.42 Å². The predicted octanol–water partition coefficient (Wildman–Crippen LogP) is 0.541. The zero-order valence-corrected chi connectivity index (χ0v) is 10.9. The van der Waals surface area contributed by atoms with Gasteiger partial charge >= 0.3 is 0 Å². The summed E-state index contributed by atoms with van der Waals surface area (Å²) < 4.78 is 26.3. The van der Waals surface area contributed by atoms with Gasteiger partial charge in [0.15, 0.2) is 0 Å². The first-order valence-electron chi connectivity index (χ1n) is 5.78. The molecule has 96 valence electrons. The minimum atomic E-state index is -3.45. The molecule has 1 fully saturated rings. The van der Waals surface area contributed by atoms with Crippen molar-refractivity contribution in [1.82, 2.24) is 9.62 Å². The van der Waals surface area contributed by atoms with Crippen LogP contribution in [0.3, 0.4) is 0 Å². The fraction of sp³-hybridized carbons (Fsp3) is 0.417. The highest BCUT2D eigenvalue weighted by Crippen LogP contribution is 2.19. The van der Waals surface area contributed by atoms with E-state index in [0.717, 1.165) is 0 Å². The van der Waals surface area contributed by atoms with Crippen LogP contribution in [0.15, 0.2) is 29.2 Å². The van der Waals surface area contributed by atoms with Crippen LogP contribution in [0, 0.1) is 11.3 Å². The molecular formula is C12H15N3O2S. The molecule has 0 unspecified atom stereocenters. The quantitative estimate of drug-likeness (QED) is 0.847. The van der Waals surface area contributed by atoms with Crippen molar-refractivity contribution >= 4 is 10.0 Å². The Kier molecular flexibility index (Phi) is 3.66. The number of sulfonamides is 1. The topological polar surface area (TPSA) is 73.2 Å². The molecule has 1 aliphatic heterocycles. The molecule has 0 radical (unpaired) electrons. The number of benzene rings is 1. The maximum atomic E-state index is 12.4. The Morgan fingerprint density at radius 3 is 2.61 bits per heavy atom. The van der Waals surface area contributed by atoms with E-state index in [1.54, 1.807) is 0 Å². The van der Waals surface area contributed by atoms with E-state index in [-0.39, 0.29) is 10.9 Å². The van der Waals surface area contributed by atoms with Gasteiger partial charge in [-0.1, -0.05) is 0 Å². The number of nitrogens with zero attached hydrogens (tertiary/aromatic N) is 2. The molecule has 0 aliphatic carbocycles. The monoisotopic (exact) mass is 265 g/mol. The Morgan fingerprint density at radius 1 is 1.39 bits per heavy atom. The van der Waals surface area contributed by atoms with Crippen LogP contribution in [0.1, 0.15) is 12.5 Å². The van der Waals surface area contributed by atoms with Gasteiger partial charge in [0, 0.05) is 25.7 Å². The van der Waals surface area contributed by atoms with Crippen LogP contribution in [0.5, 0.6) is 0 Å². The summed E-state index contributed by atoms with van der Waals surface area (Å²) in [6, 6.07) is 7.95. The van der Waals surface area contributed by atoms with E-state index >= 15 is 0 Å². The van der Waals surface area contributed by atoms with Gasteiger partial charge in [-0.15, -0.1) is 0 Å². The van der Waals surface area contributed by atoms with Crippen molar-refractivity contribution in [2.24, 2.45) is 0 Å². The minimum absolute atomic E-state index is 0.0561. The highest BCUT2D eigenvalue weighted by Gasteiger charge is 2.30. The first-order chi connectivity index (χ1) is 8.55. The lowest BCUT2D eigenvalue weighted by atomic mass is 10.2. The van der Waals surface area contributed by atoms with Gasteiger partial charge in [-0.25, -0.2) is 8.42 Å². The third-order valence-corrected chi connectivity index (χ3v) is 5.06. The molecule has 1 aromatic carbocycles. The summed E-state index contributed by atoms with van der Waals surface area (Å²) in [7, 11) is -3.45. The zero-order valence-electron chi connectivity index (χ0n) is 10.1. The first kappa shape index (κ1) is 13.0. The zero-order chi connectivity index (χ0) is 13.2. The van der Waals surface area contributed by atoms with Crippen molar-refractivity contribution in [3.8, 4) is 6.07 Å². The normalized spacial score (nSPS) is 21.4. The van der Waals surface area contributed by atoms with Crippen molar-refractivity contribution in [2.75, 3.05) is 19.6 Å². The van der Waals surface area contributed by atoms with Crippen LogP contribution in [0.2, 0.25) is 0 Å². The Labute approximate surface area is 107 Å². The molecule has 1 aliphatic rings. The standard InChI is InChI=1S/C12H15N3O2S/c1-10-9-14-6-7-15(10)18(16,17)12-4-2-11(8-13)3-5-12/h2-5,10,14H,6-7,9H2,1H3/t10-/m0/s1. The average Bonchev–Trinajstić information content (AvgIpc) is 2.39. The lowest BCUT2D eigenvalue weighted by Gasteiger charge is -2.32. The smallest absolute Gasteiger partial charge is 0.243 e. The van der Waals surface area contributed by atoms with Gasteiger partial charge in [0.25, 0.3) is 0 Å². The second kappa shape index (κ2) is 5.06. The van der Waals surface area contributed by atoms with Gasteiger partial charge in [0.2, 0.25) is 10.0 Å². The average molecular weight is 265 g/mol. The second-order valence-corrected chi connectivity index (χ2v) is 6.20. The van der Waals surface area contributed by atoms with Gasteiger partial charge in [0.1, 0.15) is 0 Å². The Hall–Kier alpha value is -1.42.